The van der Waals surface area contributed by atoms with Gasteiger partial charge >= 0.3 is 11.9 Å². The van der Waals surface area contributed by atoms with Crippen LogP contribution in [0.15, 0.2) is 36.4 Å². The van der Waals surface area contributed by atoms with Gasteiger partial charge in [-0.05, 0) is 82.3 Å². The van der Waals surface area contributed by atoms with E-state index in [0.717, 1.165) is 32.1 Å². The minimum Gasteiger partial charge on any atom is -0.478 e. The molecule has 12 nitrogen and oxygen atoms in total. The second-order valence-corrected chi connectivity index (χ2v) is 14.6. The van der Waals surface area contributed by atoms with Gasteiger partial charge in [0.25, 0.3) is 0 Å². The fourth-order valence-electron chi connectivity index (χ4n) is 7.93. The molecule has 4 bridgehead atoms. The van der Waals surface area contributed by atoms with Crippen LogP contribution >= 0.6 is 11.6 Å². The van der Waals surface area contributed by atoms with E-state index >= 15 is 0 Å². The molecular weight excluding hydrogens is 616 g/mol. The molecule has 13 heteroatoms. The Morgan fingerprint density at radius 2 is 1.67 bits per heavy atom. The number of nitrogens with two attached hydrogens (primary N) is 1. The molecule has 1 aromatic rings. The molecule has 5 fully saturated rings. The largest absolute Gasteiger partial charge is 0.478 e. The van der Waals surface area contributed by atoms with Gasteiger partial charge in [0.15, 0.2) is 0 Å². The molecule has 46 heavy (non-hydrogen) atoms. The van der Waals surface area contributed by atoms with Crippen molar-refractivity contribution in [2.75, 3.05) is 24.5 Å². The maximum atomic E-state index is 13.1. The van der Waals surface area contributed by atoms with E-state index in [1.54, 1.807) is 11.0 Å². The van der Waals surface area contributed by atoms with Gasteiger partial charge in [-0.3, -0.25) is 14.5 Å². The predicted octanol–water partition coefficient (Wildman–Crippen LogP) is 2.25. The van der Waals surface area contributed by atoms with Crippen LogP contribution in [0, 0.1) is 23.7 Å². The lowest BCUT2D eigenvalue weighted by Gasteiger charge is -2.58. The molecule has 1 saturated heterocycles. The molecule has 5 atom stereocenters. The summed E-state index contributed by atoms with van der Waals surface area (Å²) in [5, 5.41) is 41.2. The van der Waals surface area contributed by atoms with Crippen molar-refractivity contribution in [3.05, 3.63) is 41.4 Å². The van der Waals surface area contributed by atoms with Crippen LogP contribution in [-0.2, 0) is 19.2 Å². The quantitative estimate of drug-likeness (QED) is 0.202. The van der Waals surface area contributed by atoms with Gasteiger partial charge in [0.2, 0.25) is 11.8 Å². The Morgan fingerprint density at radius 1 is 1.09 bits per heavy atom. The van der Waals surface area contributed by atoms with Crippen molar-refractivity contribution >= 4 is 41.0 Å². The van der Waals surface area contributed by atoms with Crippen LogP contribution in [0.3, 0.4) is 0 Å². The van der Waals surface area contributed by atoms with E-state index in [0.29, 0.717) is 53.7 Å². The van der Waals surface area contributed by atoms with Gasteiger partial charge in [-0.1, -0.05) is 30.7 Å². The van der Waals surface area contributed by atoms with E-state index in [1.165, 1.54) is 0 Å². The molecule has 7 N–H and O–H groups in total. The minimum absolute atomic E-state index is 0.0513. The lowest BCUT2D eigenvalue weighted by Crippen LogP contribution is -2.64. The van der Waals surface area contributed by atoms with Crippen molar-refractivity contribution in [2.45, 2.75) is 88.6 Å². The number of amides is 2. The monoisotopic (exact) mass is 662 g/mol. The van der Waals surface area contributed by atoms with E-state index < -0.39 is 29.7 Å². The van der Waals surface area contributed by atoms with Gasteiger partial charge in [0, 0.05) is 48.8 Å². The highest BCUT2D eigenvalue weighted by atomic mass is 35.5. The van der Waals surface area contributed by atoms with Crippen molar-refractivity contribution in [1.29, 1.82) is 0 Å². The Hall–Kier alpha value is -3.03. The fourth-order valence-corrected chi connectivity index (χ4v) is 8.16. The summed E-state index contributed by atoms with van der Waals surface area (Å²) >= 11 is 6.35. The summed E-state index contributed by atoms with van der Waals surface area (Å²) in [6.45, 7) is 6.92. The highest BCUT2D eigenvalue weighted by molar-refractivity contribution is 6.33. The third-order valence-electron chi connectivity index (χ3n) is 10.1. The molecule has 1 heterocycles. The van der Waals surface area contributed by atoms with Crippen molar-refractivity contribution in [1.82, 2.24) is 10.2 Å². The number of rotatable bonds is 10. The van der Waals surface area contributed by atoms with E-state index in [9.17, 15) is 29.4 Å². The van der Waals surface area contributed by atoms with E-state index in [-0.39, 0.29) is 42.3 Å². The summed E-state index contributed by atoms with van der Waals surface area (Å²) in [4.78, 5) is 49.0. The topological polar surface area (TPSA) is 194 Å². The standard InChI is InChI=1S/C29H43ClN4O4.C4H4O4/c1-17(27(37)32-26-19-9-18-10-20(26)13-29(38,11-18)12-19)8-24(35)22(31)14-33-15-25(36)34(16-28(33,2)3)23-7-5-4-6-21(23)30;5-3(6)1-2-4(7)8/h4-7,17-20,22,24,26,35,38H,8-16,31H2,1-3H3,(H,32,37);1-2H,(H,5,6)(H,7,8)/b;2-1+/t17-,18?,19?,20?,22+,24+,26?,29?;/m1./s1. The molecule has 4 aliphatic carbocycles. The average molecular weight is 663 g/mol. The number of aliphatic hydroxyl groups excluding tert-OH is 1. The Bertz CT molecular complexity index is 1310. The number of carboxylic acids is 2. The van der Waals surface area contributed by atoms with Crippen LogP contribution in [0.2, 0.25) is 5.02 Å². The maximum Gasteiger partial charge on any atom is 0.328 e. The van der Waals surface area contributed by atoms with Gasteiger partial charge in [-0.2, -0.15) is 0 Å². The van der Waals surface area contributed by atoms with Crippen LogP contribution in [0.5, 0.6) is 0 Å². The van der Waals surface area contributed by atoms with E-state index in [2.05, 4.69) is 19.2 Å². The molecule has 0 aromatic heterocycles. The normalized spacial score (nSPS) is 30.3. The van der Waals surface area contributed by atoms with Gasteiger partial charge in [0.1, 0.15) is 0 Å². The number of hydrogen-bond acceptors (Lipinski definition) is 8. The molecule has 2 unspecified atom stereocenters. The number of piperazine rings is 1. The molecule has 0 radical (unpaired) electrons. The SMILES string of the molecule is C[C@H](C[C@H](O)[C@@H](N)CN1CC(=O)N(c2ccccc2Cl)CC1(C)C)C(=O)NC1C2CC3CC1CC(O)(C3)C2.O=C(O)/C=C/C(=O)O. The zero-order chi connectivity index (χ0) is 34.0. The Morgan fingerprint density at radius 3 is 2.22 bits per heavy atom. The lowest BCUT2D eigenvalue weighted by atomic mass is 9.52. The maximum absolute atomic E-state index is 13.1. The summed E-state index contributed by atoms with van der Waals surface area (Å²) in [5.74, 6) is -1.73. The predicted molar refractivity (Wildman–Crippen MR) is 172 cm³/mol. The number of aliphatic carboxylic acids is 2. The molecule has 1 aliphatic heterocycles. The summed E-state index contributed by atoms with van der Waals surface area (Å²) < 4.78 is 0. The van der Waals surface area contributed by atoms with Crippen LogP contribution in [0.4, 0.5) is 5.69 Å². The van der Waals surface area contributed by atoms with E-state index in [4.69, 9.17) is 27.5 Å². The number of anilines is 1. The molecule has 4 saturated carbocycles. The van der Waals surface area contributed by atoms with Crippen LogP contribution < -0.4 is 16.0 Å². The van der Waals surface area contributed by atoms with Crippen molar-refractivity contribution in [2.24, 2.45) is 29.4 Å². The van der Waals surface area contributed by atoms with Gasteiger partial charge in [-0.25, -0.2) is 9.59 Å². The van der Waals surface area contributed by atoms with Crippen LogP contribution in [0.1, 0.15) is 59.3 Å². The van der Waals surface area contributed by atoms with Gasteiger partial charge in [-0.15, -0.1) is 0 Å². The number of carbonyl (C=O) groups is 4. The molecule has 0 spiro atoms. The molecule has 2 amide bonds. The number of hydrogen-bond donors (Lipinski definition) is 6. The second kappa shape index (κ2) is 14.4. The number of aliphatic hydroxyl groups is 2. The zero-order valence-corrected chi connectivity index (χ0v) is 27.4. The Labute approximate surface area is 274 Å². The molecular formula is C33H47ClN4O8. The van der Waals surface area contributed by atoms with Crippen LogP contribution in [-0.4, -0.2) is 98.0 Å². The summed E-state index contributed by atoms with van der Waals surface area (Å²) in [6.07, 6.45) is 5.16. The fraction of sp³-hybridized carbons (Fsp3) is 0.636. The molecule has 1 aromatic carbocycles. The first-order chi connectivity index (χ1) is 21.5. The van der Waals surface area contributed by atoms with Crippen molar-refractivity contribution in [3.63, 3.8) is 0 Å². The number of halogens is 1. The first-order valence-electron chi connectivity index (χ1n) is 15.9. The Kier molecular flexibility index (Phi) is 11.2. The van der Waals surface area contributed by atoms with Crippen molar-refractivity contribution < 1.29 is 39.6 Å². The van der Waals surface area contributed by atoms with Crippen LogP contribution in [0.25, 0.3) is 0 Å². The second-order valence-electron chi connectivity index (χ2n) is 14.2. The van der Waals surface area contributed by atoms with E-state index in [1.807, 2.05) is 30.0 Å². The number of para-hydroxylation sites is 1. The minimum atomic E-state index is -1.26. The lowest BCUT2D eigenvalue weighted by molar-refractivity contribution is -0.148. The molecule has 6 rings (SSSR count). The average Bonchev–Trinajstić information content (AvgIpc) is 2.95. The summed E-state index contributed by atoms with van der Waals surface area (Å²) in [7, 11) is 0. The Balaban J connectivity index is 0.000000533. The number of carboxylic acid groups (broad SMARTS) is 2. The smallest absolute Gasteiger partial charge is 0.328 e. The highest BCUT2D eigenvalue weighted by Crippen LogP contribution is 2.55. The number of benzene rings is 1. The van der Waals surface area contributed by atoms with Gasteiger partial charge in [0.05, 0.1) is 29.0 Å². The third-order valence-corrected chi connectivity index (χ3v) is 10.4. The number of carbonyl (C=O) groups excluding carboxylic acids is 2. The molecule has 5 aliphatic rings. The third kappa shape index (κ3) is 8.65. The molecule has 254 valence electrons. The number of nitrogens with one attached hydrogen (secondary N) is 1. The zero-order valence-electron chi connectivity index (χ0n) is 26.6. The first-order valence-corrected chi connectivity index (χ1v) is 16.3. The highest BCUT2D eigenvalue weighted by Gasteiger charge is 2.55. The summed E-state index contributed by atoms with van der Waals surface area (Å²) in [5.41, 5.74) is 6.22. The van der Waals surface area contributed by atoms with Crippen molar-refractivity contribution in [3.8, 4) is 0 Å². The van der Waals surface area contributed by atoms with Gasteiger partial charge < -0.3 is 36.4 Å². The first kappa shape index (κ1) is 35.8. The summed E-state index contributed by atoms with van der Waals surface area (Å²) in [6, 6.07) is 6.85. The number of nitrogens with zero attached hydrogens (tertiary/aromatic N) is 2.